The summed E-state index contributed by atoms with van der Waals surface area (Å²) in [5.41, 5.74) is 0.574. The minimum atomic E-state index is -2.74. The molecule has 1 aromatic rings. The van der Waals surface area contributed by atoms with Gasteiger partial charge in [-0.3, -0.25) is 0 Å². The van der Waals surface area contributed by atoms with Gasteiger partial charge in [0.25, 0.3) is 0 Å². The lowest BCUT2D eigenvalue weighted by Crippen LogP contribution is -1.94. The topological polar surface area (TPSA) is 51.5 Å². The number of nitriles is 1. The van der Waals surface area contributed by atoms with Crippen LogP contribution in [0.1, 0.15) is 13.8 Å². The third-order valence-electron chi connectivity index (χ3n) is 2.03. The van der Waals surface area contributed by atoms with Crippen molar-refractivity contribution in [3.05, 3.63) is 27.7 Å². The SMILES string of the molecule is [2H]C([2H])([2H])Oc1cc(/C=C(\C#N)COC)cc(OC([2H])([2H])[2H])c1Br. The van der Waals surface area contributed by atoms with E-state index >= 15 is 0 Å². The van der Waals surface area contributed by atoms with Crippen LogP contribution < -0.4 is 9.47 Å². The van der Waals surface area contributed by atoms with E-state index in [-0.39, 0.29) is 28.2 Å². The Balaban J connectivity index is 3.41. The van der Waals surface area contributed by atoms with Gasteiger partial charge in [-0.25, -0.2) is 0 Å². The second-order valence-electron chi connectivity index (χ2n) is 3.25. The number of methoxy groups -OCH3 is 3. The number of nitrogens with zero attached hydrogens (tertiary/aromatic N) is 1. The lowest BCUT2D eigenvalue weighted by atomic mass is 10.1. The van der Waals surface area contributed by atoms with Crippen molar-refractivity contribution in [1.29, 1.82) is 5.26 Å². The predicted octanol–water partition coefficient (Wildman–Crippen LogP) is 3.02. The second kappa shape index (κ2) is 7.04. The van der Waals surface area contributed by atoms with E-state index < -0.39 is 14.1 Å². The summed E-state index contributed by atoms with van der Waals surface area (Å²) in [6.07, 6.45) is 1.41. The van der Waals surface area contributed by atoms with Crippen LogP contribution in [0.2, 0.25) is 0 Å². The first-order valence-electron chi connectivity index (χ1n) is 7.76. The number of rotatable bonds is 5. The van der Waals surface area contributed by atoms with Crippen LogP contribution in [0.5, 0.6) is 11.5 Å². The summed E-state index contributed by atoms with van der Waals surface area (Å²) in [4.78, 5) is 0. The molecule has 0 fully saturated rings. The molecule has 0 amide bonds. The molecular weight excluding hydrogens is 298 g/mol. The maximum absolute atomic E-state index is 9.03. The summed E-state index contributed by atoms with van der Waals surface area (Å²) in [6, 6.07) is 4.61. The molecule has 0 aliphatic heterocycles. The summed E-state index contributed by atoms with van der Waals surface area (Å²) in [7, 11) is -4.07. The summed E-state index contributed by atoms with van der Waals surface area (Å²) in [5, 5.41) is 9.03. The normalized spacial score (nSPS) is 17.3. The lowest BCUT2D eigenvalue weighted by molar-refractivity contribution is 0.229. The average Bonchev–Trinajstić information content (AvgIpc) is 2.40. The monoisotopic (exact) mass is 317 g/mol. The van der Waals surface area contributed by atoms with Crippen molar-refractivity contribution in [3.8, 4) is 17.6 Å². The van der Waals surface area contributed by atoms with E-state index in [9.17, 15) is 0 Å². The van der Waals surface area contributed by atoms with Crippen molar-refractivity contribution in [2.24, 2.45) is 0 Å². The van der Waals surface area contributed by atoms with E-state index in [1.165, 1.54) is 25.3 Å². The van der Waals surface area contributed by atoms with Crippen molar-refractivity contribution in [2.75, 3.05) is 27.8 Å². The largest absolute Gasteiger partial charge is 0.495 e. The fourth-order valence-corrected chi connectivity index (χ4v) is 1.68. The van der Waals surface area contributed by atoms with Gasteiger partial charge in [0.2, 0.25) is 0 Å². The van der Waals surface area contributed by atoms with Gasteiger partial charge < -0.3 is 14.2 Å². The zero-order valence-electron chi connectivity index (χ0n) is 15.5. The third kappa shape index (κ3) is 3.49. The molecule has 0 spiro atoms. The number of hydrogen-bond donors (Lipinski definition) is 0. The first-order valence-corrected chi connectivity index (χ1v) is 5.55. The molecule has 0 aliphatic carbocycles. The molecule has 0 aliphatic rings. The third-order valence-corrected chi connectivity index (χ3v) is 2.81. The molecule has 0 heterocycles. The standard InChI is InChI=1S/C13H14BrNO3/c1-16-8-10(7-15)4-9-5-11(17-2)13(14)12(6-9)18-3/h4-6H,8H2,1-3H3/b10-4+/i2D3,3D3. The molecule has 0 saturated heterocycles. The fraction of sp³-hybridized carbons (Fsp3) is 0.308. The smallest absolute Gasteiger partial charge is 0.137 e. The van der Waals surface area contributed by atoms with Gasteiger partial charge in [-0.15, -0.1) is 0 Å². The fourth-order valence-electron chi connectivity index (χ4n) is 1.29. The summed E-state index contributed by atoms with van der Waals surface area (Å²) >= 11 is 3.07. The molecule has 1 rings (SSSR count). The van der Waals surface area contributed by atoms with Gasteiger partial charge >= 0.3 is 0 Å². The summed E-state index contributed by atoms with van der Waals surface area (Å²) < 4.78 is 57.7. The maximum atomic E-state index is 9.03. The van der Waals surface area contributed by atoms with Gasteiger partial charge in [-0.2, -0.15) is 5.26 Å². The Morgan fingerprint density at radius 3 is 2.50 bits per heavy atom. The molecule has 0 atom stereocenters. The van der Waals surface area contributed by atoms with Crippen LogP contribution in [0.3, 0.4) is 0 Å². The molecule has 5 heteroatoms. The van der Waals surface area contributed by atoms with Gasteiger partial charge in [0.05, 0.1) is 40.5 Å². The highest BCUT2D eigenvalue weighted by atomic mass is 79.9. The zero-order valence-corrected chi connectivity index (χ0v) is 11.1. The number of benzene rings is 1. The molecule has 0 saturated carbocycles. The van der Waals surface area contributed by atoms with E-state index in [1.54, 1.807) is 0 Å². The average molecular weight is 318 g/mol. The molecule has 18 heavy (non-hydrogen) atoms. The minimum Gasteiger partial charge on any atom is -0.495 e. The van der Waals surface area contributed by atoms with Crippen molar-refractivity contribution >= 4 is 22.0 Å². The second-order valence-corrected chi connectivity index (χ2v) is 4.04. The van der Waals surface area contributed by atoms with Gasteiger partial charge in [0, 0.05) is 7.11 Å². The van der Waals surface area contributed by atoms with Crippen molar-refractivity contribution < 1.29 is 22.4 Å². The predicted molar refractivity (Wildman–Crippen MR) is 72.7 cm³/mol. The molecule has 0 unspecified atom stereocenters. The van der Waals surface area contributed by atoms with E-state index in [0.29, 0.717) is 5.56 Å². The molecule has 96 valence electrons. The molecule has 0 bridgehead atoms. The molecule has 0 aromatic heterocycles. The van der Waals surface area contributed by atoms with Crippen LogP contribution >= 0.6 is 15.9 Å². The Bertz CT molecular complexity index is 626. The van der Waals surface area contributed by atoms with E-state index in [0.717, 1.165) is 0 Å². The molecule has 4 nitrogen and oxygen atoms in total. The van der Waals surface area contributed by atoms with Crippen LogP contribution in [-0.2, 0) is 4.74 Å². The Hall–Kier alpha value is -1.51. The van der Waals surface area contributed by atoms with Gasteiger partial charge in [-0.05, 0) is 39.7 Å². The van der Waals surface area contributed by atoms with Gasteiger partial charge in [-0.1, -0.05) is 0 Å². The van der Waals surface area contributed by atoms with Gasteiger partial charge in [0.1, 0.15) is 16.0 Å². The van der Waals surface area contributed by atoms with Crippen LogP contribution in [0.25, 0.3) is 6.08 Å². The van der Waals surface area contributed by atoms with E-state index in [2.05, 4.69) is 15.9 Å². The zero-order chi connectivity index (χ0) is 18.5. The Labute approximate surface area is 123 Å². The Morgan fingerprint density at radius 2 is 2.06 bits per heavy atom. The molecular formula is C13H14BrNO3. The molecule has 1 aromatic carbocycles. The van der Waals surface area contributed by atoms with Crippen LogP contribution in [0, 0.1) is 11.3 Å². The highest BCUT2D eigenvalue weighted by Crippen LogP contribution is 2.36. The Morgan fingerprint density at radius 1 is 1.44 bits per heavy atom. The van der Waals surface area contributed by atoms with E-state index in [1.807, 2.05) is 6.07 Å². The highest BCUT2D eigenvalue weighted by molar-refractivity contribution is 9.10. The summed E-state index contributed by atoms with van der Waals surface area (Å²) in [5.74, 6) is -0.282. The van der Waals surface area contributed by atoms with Crippen LogP contribution in [-0.4, -0.2) is 27.8 Å². The van der Waals surface area contributed by atoms with Crippen molar-refractivity contribution in [1.82, 2.24) is 0 Å². The highest BCUT2D eigenvalue weighted by Gasteiger charge is 2.09. The minimum absolute atomic E-state index is 0.0390. The summed E-state index contributed by atoms with van der Waals surface area (Å²) in [6.45, 7) is 0.0392. The number of ether oxygens (including phenoxy) is 3. The van der Waals surface area contributed by atoms with Crippen molar-refractivity contribution in [3.63, 3.8) is 0 Å². The first kappa shape index (κ1) is 7.82. The van der Waals surface area contributed by atoms with E-state index in [4.69, 9.17) is 27.7 Å². The maximum Gasteiger partial charge on any atom is 0.137 e. The van der Waals surface area contributed by atoms with Crippen LogP contribution in [0.4, 0.5) is 0 Å². The Kier molecular flexibility index (Phi) is 3.06. The number of halogens is 1. The molecule has 0 radical (unpaired) electrons. The molecule has 0 N–H and O–H groups in total. The van der Waals surface area contributed by atoms with Gasteiger partial charge in [0.15, 0.2) is 0 Å². The lowest BCUT2D eigenvalue weighted by Gasteiger charge is -2.10. The number of hydrogen-bond acceptors (Lipinski definition) is 4. The van der Waals surface area contributed by atoms with Crippen molar-refractivity contribution in [2.45, 2.75) is 0 Å². The van der Waals surface area contributed by atoms with Crippen LogP contribution in [0.15, 0.2) is 22.2 Å². The quantitative estimate of drug-likeness (QED) is 0.783. The first-order chi connectivity index (χ1) is 10.9.